The largest absolute Gasteiger partial charge is 0.340 e. The van der Waals surface area contributed by atoms with Gasteiger partial charge >= 0.3 is 0 Å². The summed E-state index contributed by atoms with van der Waals surface area (Å²) < 4.78 is 0. The summed E-state index contributed by atoms with van der Waals surface area (Å²) in [4.78, 5) is 36.4. The number of anilines is 2. The number of rotatable bonds is 3. The van der Waals surface area contributed by atoms with Crippen LogP contribution in [0.2, 0.25) is 0 Å². The summed E-state index contributed by atoms with van der Waals surface area (Å²) in [5, 5.41) is 16.4. The molecule has 1 aromatic heterocycles. The Balaban J connectivity index is 1.70. The van der Waals surface area contributed by atoms with Gasteiger partial charge in [-0.3, -0.25) is 14.4 Å². The molecule has 8 nitrogen and oxygen atoms in total. The Bertz CT molecular complexity index is 788. The predicted molar refractivity (Wildman–Crippen MR) is 84.2 cm³/mol. The fourth-order valence-corrected chi connectivity index (χ4v) is 2.77. The molecule has 0 bridgehead atoms. The van der Waals surface area contributed by atoms with Crippen LogP contribution in [-0.4, -0.2) is 34.0 Å². The fraction of sp³-hybridized carbons (Fsp3) is 0.214. The second kappa shape index (κ2) is 6.13. The molecular weight excluding hydrogens is 318 g/mol. The summed E-state index contributed by atoms with van der Waals surface area (Å²) in [6.07, 6.45) is -0.190. The van der Waals surface area contributed by atoms with E-state index in [2.05, 4.69) is 26.1 Å². The first-order chi connectivity index (χ1) is 11.0. The number of aryl methyl sites for hydroxylation is 1. The van der Waals surface area contributed by atoms with E-state index in [9.17, 15) is 14.4 Å². The summed E-state index contributed by atoms with van der Waals surface area (Å²) in [7, 11) is 0. The molecule has 3 N–H and O–H groups in total. The zero-order valence-electron chi connectivity index (χ0n) is 12.1. The molecule has 0 saturated carbocycles. The third-order valence-electron chi connectivity index (χ3n) is 3.21. The molecule has 3 amide bonds. The van der Waals surface area contributed by atoms with Gasteiger partial charge in [-0.1, -0.05) is 23.5 Å². The first kappa shape index (κ1) is 15.1. The molecule has 118 valence electrons. The Morgan fingerprint density at radius 3 is 2.83 bits per heavy atom. The second-order valence-electron chi connectivity index (χ2n) is 4.94. The van der Waals surface area contributed by atoms with Crippen molar-refractivity contribution < 1.29 is 14.4 Å². The van der Waals surface area contributed by atoms with Crippen LogP contribution in [0.4, 0.5) is 10.8 Å². The number of hydrogen-bond donors (Lipinski definition) is 3. The number of nitrogens with zero attached hydrogens (tertiary/aromatic N) is 2. The van der Waals surface area contributed by atoms with Gasteiger partial charge in [-0.2, -0.15) is 0 Å². The number of benzene rings is 1. The first-order valence-electron chi connectivity index (χ1n) is 6.83. The Hall–Kier alpha value is -2.81. The normalized spacial score (nSPS) is 16.8. The topological polar surface area (TPSA) is 113 Å². The van der Waals surface area contributed by atoms with Crippen molar-refractivity contribution >= 4 is 39.9 Å². The van der Waals surface area contributed by atoms with Crippen LogP contribution in [0.1, 0.15) is 21.8 Å². The standard InChI is InChI=1S/C14H13N5O3S/c1-7-18-19-14(23-7)17-11(20)6-10-13(22)15-9-5-3-2-4-8(9)12(21)16-10/h2-5,10H,6H2,1H3,(H,15,22)(H,16,21)(H,17,19,20). The molecule has 3 rings (SSSR count). The molecule has 1 aromatic carbocycles. The Morgan fingerprint density at radius 2 is 2.09 bits per heavy atom. The maximum atomic E-state index is 12.2. The summed E-state index contributed by atoms with van der Waals surface area (Å²) >= 11 is 1.23. The lowest BCUT2D eigenvalue weighted by atomic mass is 10.1. The quantitative estimate of drug-likeness (QED) is 0.774. The maximum absolute atomic E-state index is 12.2. The lowest BCUT2D eigenvalue weighted by molar-refractivity contribution is -0.122. The van der Waals surface area contributed by atoms with E-state index in [0.29, 0.717) is 16.4 Å². The number of fused-ring (bicyclic) bond motifs is 1. The monoisotopic (exact) mass is 331 g/mol. The number of para-hydroxylation sites is 1. The SMILES string of the molecule is Cc1nnc(NC(=O)CC2NC(=O)c3ccccc3NC2=O)s1. The Morgan fingerprint density at radius 1 is 1.30 bits per heavy atom. The molecule has 1 unspecified atom stereocenters. The van der Waals surface area contributed by atoms with E-state index in [1.807, 2.05) is 0 Å². The molecule has 0 fully saturated rings. The van der Waals surface area contributed by atoms with Gasteiger partial charge in [0.25, 0.3) is 5.91 Å². The van der Waals surface area contributed by atoms with E-state index in [0.717, 1.165) is 5.01 Å². The van der Waals surface area contributed by atoms with E-state index in [-0.39, 0.29) is 6.42 Å². The highest BCUT2D eigenvalue weighted by atomic mass is 32.1. The van der Waals surface area contributed by atoms with Crippen LogP contribution in [0.25, 0.3) is 0 Å². The van der Waals surface area contributed by atoms with Gasteiger partial charge in [0.15, 0.2) is 0 Å². The Kier molecular flexibility index (Phi) is 4.02. The van der Waals surface area contributed by atoms with Crippen LogP contribution < -0.4 is 16.0 Å². The van der Waals surface area contributed by atoms with Crippen LogP contribution in [0.15, 0.2) is 24.3 Å². The van der Waals surface area contributed by atoms with Gasteiger partial charge in [-0.15, -0.1) is 10.2 Å². The Labute approximate surface area is 135 Å². The average Bonchev–Trinajstić information content (AvgIpc) is 2.86. The zero-order chi connectivity index (χ0) is 16.4. The van der Waals surface area contributed by atoms with Gasteiger partial charge < -0.3 is 16.0 Å². The smallest absolute Gasteiger partial charge is 0.254 e. The third kappa shape index (κ3) is 3.34. The molecule has 0 radical (unpaired) electrons. The molecule has 2 heterocycles. The third-order valence-corrected chi connectivity index (χ3v) is 3.97. The van der Waals surface area contributed by atoms with Gasteiger partial charge in [0.05, 0.1) is 17.7 Å². The van der Waals surface area contributed by atoms with Crippen LogP contribution in [-0.2, 0) is 9.59 Å². The lowest BCUT2D eigenvalue weighted by Gasteiger charge is -2.13. The summed E-state index contributed by atoms with van der Waals surface area (Å²) in [6, 6.07) is 5.72. The highest BCUT2D eigenvalue weighted by molar-refractivity contribution is 7.15. The molecule has 1 atom stereocenters. The molecule has 0 saturated heterocycles. The van der Waals surface area contributed by atoms with E-state index in [1.54, 1.807) is 31.2 Å². The number of hydrogen-bond acceptors (Lipinski definition) is 6. The van der Waals surface area contributed by atoms with E-state index >= 15 is 0 Å². The maximum Gasteiger partial charge on any atom is 0.254 e. The number of carbonyl (C=O) groups excluding carboxylic acids is 3. The highest BCUT2D eigenvalue weighted by Crippen LogP contribution is 2.19. The molecule has 1 aliphatic rings. The summed E-state index contributed by atoms with van der Waals surface area (Å²) in [5.74, 6) is -1.26. The van der Waals surface area contributed by atoms with E-state index in [4.69, 9.17) is 0 Å². The van der Waals surface area contributed by atoms with E-state index < -0.39 is 23.8 Å². The number of nitrogens with one attached hydrogen (secondary N) is 3. The van der Waals surface area contributed by atoms with Crippen LogP contribution in [0, 0.1) is 6.92 Å². The average molecular weight is 331 g/mol. The number of carbonyl (C=O) groups is 3. The van der Waals surface area contributed by atoms with Gasteiger partial charge in [0, 0.05) is 0 Å². The van der Waals surface area contributed by atoms with Crippen LogP contribution in [0.5, 0.6) is 0 Å². The molecular formula is C14H13N5O3S. The van der Waals surface area contributed by atoms with Crippen molar-refractivity contribution in [2.45, 2.75) is 19.4 Å². The van der Waals surface area contributed by atoms with Crippen molar-refractivity contribution in [3.8, 4) is 0 Å². The van der Waals surface area contributed by atoms with Crippen molar-refractivity contribution in [1.29, 1.82) is 0 Å². The van der Waals surface area contributed by atoms with Crippen molar-refractivity contribution in [3.63, 3.8) is 0 Å². The number of aromatic nitrogens is 2. The van der Waals surface area contributed by atoms with Crippen molar-refractivity contribution in [3.05, 3.63) is 34.8 Å². The summed E-state index contributed by atoms with van der Waals surface area (Å²) in [5.41, 5.74) is 0.793. The minimum atomic E-state index is -0.955. The van der Waals surface area contributed by atoms with Gasteiger partial charge in [-0.05, 0) is 19.1 Å². The lowest BCUT2D eigenvalue weighted by Crippen LogP contribution is -2.43. The minimum Gasteiger partial charge on any atom is -0.340 e. The zero-order valence-corrected chi connectivity index (χ0v) is 12.9. The summed E-state index contributed by atoms with van der Waals surface area (Å²) in [6.45, 7) is 1.77. The predicted octanol–water partition coefficient (Wildman–Crippen LogP) is 0.926. The van der Waals surface area contributed by atoms with Gasteiger partial charge in [-0.25, -0.2) is 0 Å². The van der Waals surface area contributed by atoms with Crippen LogP contribution in [0.3, 0.4) is 0 Å². The van der Waals surface area contributed by atoms with Crippen molar-refractivity contribution in [1.82, 2.24) is 15.5 Å². The van der Waals surface area contributed by atoms with Gasteiger partial charge in [0.1, 0.15) is 11.0 Å². The molecule has 0 spiro atoms. The molecule has 0 aliphatic carbocycles. The van der Waals surface area contributed by atoms with Crippen molar-refractivity contribution in [2.24, 2.45) is 0 Å². The molecule has 2 aromatic rings. The van der Waals surface area contributed by atoms with Gasteiger partial charge in [0.2, 0.25) is 16.9 Å². The molecule has 23 heavy (non-hydrogen) atoms. The van der Waals surface area contributed by atoms with Crippen molar-refractivity contribution in [2.75, 3.05) is 10.6 Å². The molecule has 1 aliphatic heterocycles. The first-order valence-corrected chi connectivity index (χ1v) is 7.65. The number of amides is 3. The van der Waals surface area contributed by atoms with E-state index in [1.165, 1.54) is 11.3 Å². The fourth-order valence-electron chi connectivity index (χ4n) is 2.16. The minimum absolute atomic E-state index is 0.190. The highest BCUT2D eigenvalue weighted by Gasteiger charge is 2.29. The van der Waals surface area contributed by atoms with Crippen LogP contribution >= 0.6 is 11.3 Å². The second-order valence-corrected chi connectivity index (χ2v) is 6.12. The molecule has 9 heteroatoms.